The fourth-order valence-electron chi connectivity index (χ4n) is 3.38. The van der Waals surface area contributed by atoms with Crippen molar-refractivity contribution < 1.29 is 4.79 Å². The highest BCUT2D eigenvalue weighted by Crippen LogP contribution is 2.32. The number of rotatable bonds is 7. The molecule has 0 bridgehead atoms. The Labute approximate surface area is 125 Å². The van der Waals surface area contributed by atoms with E-state index in [2.05, 4.69) is 20.8 Å². The second-order valence-electron chi connectivity index (χ2n) is 7.60. The number of carbonyl (C=O) groups is 1. The van der Waals surface area contributed by atoms with E-state index in [-0.39, 0.29) is 5.41 Å². The molecule has 1 fully saturated rings. The Balaban J connectivity index is 2.36. The Morgan fingerprint density at radius 1 is 1.25 bits per heavy atom. The lowest BCUT2D eigenvalue weighted by atomic mass is 9.76. The van der Waals surface area contributed by atoms with Gasteiger partial charge in [0.2, 0.25) is 5.91 Å². The zero-order valence-electron chi connectivity index (χ0n) is 14.0. The number of nitrogens with zero attached hydrogens (tertiary/aromatic N) is 1. The predicted molar refractivity (Wildman–Crippen MR) is 85.4 cm³/mol. The largest absolute Gasteiger partial charge is 0.345 e. The third kappa shape index (κ3) is 5.82. The summed E-state index contributed by atoms with van der Waals surface area (Å²) in [5.74, 6) is 1.59. The number of amides is 1. The van der Waals surface area contributed by atoms with Crippen LogP contribution in [0.1, 0.15) is 65.7 Å². The minimum Gasteiger partial charge on any atom is -0.345 e. The summed E-state index contributed by atoms with van der Waals surface area (Å²) >= 11 is 0. The molecule has 0 saturated heterocycles. The summed E-state index contributed by atoms with van der Waals surface area (Å²) in [6, 6.07) is 0. The summed E-state index contributed by atoms with van der Waals surface area (Å²) < 4.78 is 0. The average Bonchev–Trinajstić information content (AvgIpc) is 2.85. The van der Waals surface area contributed by atoms with Crippen molar-refractivity contribution in [3.63, 3.8) is 0 Å². The molecule has 3 nitrogen and oxygen atoms in total. The molecule has 0 radical (unpaired) electrons. The van der Waals surface area contributed by atoms with Gasteiger partial charge in [-0.25, -0.2) is 0 Å². The van der Waals surface area contributed by atoms with Crippen LogP contribution in [0, 0.1) is 17.3 Å². The van der Waals surface area contributed by atoms with Gasteiger partial charge in [0.1, 0.15) is 0 Å². The summed E-state index contributed by atoms with van der Waals surface area (Å²) in [6.07, 6.45) is 7.94. The summed E-state index contributed by atoms with van der Waals surface area (Å²) in [6.45, 7) is 8.42. The van der Waals surface area contributed by atoms with Crippen LogP contribution in [-0.2, 0) is 4.79 Å². The first-order valence-electron chi connectivity index (χ1n) is 8.28. The van der Waals surface area contributed by atoms with E-state index in [0.717, 1.165) is 25.3 Å². The van der Waals surface area contributed by atoms with Gasteiger partial charge in [-0.2, -0.15) is 0 Å². The lowest BCUT2D eigenvalue weighted by molar-refractivity contribution is -0.130. The van der Waals surface area contributed by atoms with Crippen LogP contribution in [0.5, 0.6) is 0 Å². The fraction of sp³-hybridized carbons (Fsp3) is 0.941. The number of hydrogen-bond acceptors (Lipinski definition) is 2. The molecule has 0 aliphatic heterocycles. The molecule has 20 heavy (non-hydrogen) atoms. The van der Waals surface area contributed by atoms with E-state index in [9.17, 15) is 4.79 Å². The molecule has 3 heteroatoms. The Hall–Kier alpha value is -0.570. The van der Waals surface area contributed by atoms with E-state index in [1.807, 2.05) is 11.9 Å². The van der Waals surface area contributed by atoms with Gasteiger partial charge in [-0.15, -0.1) is 0 Å². The lowest BCUT2D eigenvalue weighted by Gasteiger charge is -2.31. The smallest absolute Gasteiger partial charge is 0.222 e. The maximum absolute atomic E-state index is 12.3. The normalized spacial score (nSPS) is 18.2. The molecule has 1 amide bonds. The van der Waals surface area contributed by atoms with Gasteiger partial charge in [0.25, 0.3) is 0 Å². The third-order valence-corrected chi connectivity index (χ3v) is 4.88. The Morgan fingerprint density at radius 3 is 2.35 bits per heavy atom. The number of hydrogen-bond donors (Lipinski definition) is 1. The highest BCUT2D eigenvalue weighted by atomic mass is 16.2. The number of carbonyl (C=O) groups excluding carboxylic acids is 1. The Bertz CT molecular complexity index is 290. The molecule has 1 aliphatic carbocycles. The highest BCUT2D eigenvalue weighted by molar-refractivity contribution is 5.75. The molecule has 1 aliphatic rings. The van der Waals surface area contributed by atoms with Crippen LogP contribution in [-0.4, -0.2) is 30.9 Å². The molecular weight excluding hydrogens is 248 g/mol. The predicted octanol–water partition coefficient (Wildman–Crippen LogP) is 3.43. The maximum Gasteiger partial charge on any atom is 0.222 e. The van der Waals surface area contributed by atoms with Gasteiger partial charge >= 0.3 is 0 Å². The van der Waals surface area contributed by atoms with Gasteiger partial charge in [0.15, 0.2) is 0 Å². The average molecular weight is 282 g/mol. The second-order valence-corrected chi connectivity index (χ2v) is 7.60. The minimum atomic E-state index is 0.240. The van der Waals surface area contributed by atoms with Crippen LogP contribution in [0.4, 0.5) is 0 Å². The summed E-state index contributed by atoms with van der Waals surface area (Å²) in [5, 5.41) is 0. The standard InChI is InChI=1S/C17H34N2O/c1-17(2,3)15(11-12-18)9-10-16(20)19(4)13-14-7-5-6-8-14/h14-15H,5-13,18H2,1-4H3. The fourth-order valence-corrected chi connectivity index (χ4v) is 3.38. The van der Waals surface area contributed by atoms with Crippen LogP contribution in [0.3, 0.4) is 0 Å². The summed E-state index contributed by atoms with van der Waals surface area (Å²) in [5.41, 5.74) is 5.95. The van der Waals surface area contributed by atoms with Crippen LogP contribution >= 0.6 is 0 Å². The first-order chi connectivity index (χ1) is 9.34. The quantitative estimate of drug-likeness (QED) is 0.777. The SMILES string of the molecule is CN(CC1CCCC1)C(=O)CCC(CCN)C(C)(C)C. The Morgan fingerprint density at radius 2 is 1.85 bits per heavy atom. The highest BCUT2D eigenvalue weighted by Gasteiger charge is 2.25. The number of nitrogens with two attached hydrogens (primary N) is 1. The van der Waals surface area contributed by atoms with E-state index < -0.39 is 0 Å². The zero-order chi connectivity index (χ0) is 15.2. The van der Waals surface area contributed by atoms with E-state index in [4.69, 9.17) is 5.73 Å². The summed E-state index contributed by atoms with van der Waals surface area (Å²) in [4.78, 5) is 14.2. The van der Waals surface area contributed by atoms with Crippen LogP contribution in [0.25, 0.3) is 0 Å². The van der Waals surface area contributed by atoms with Gasteiger partial charge in [-0.3, -0.25) is 4.79 Å². The van der Waals surface area contributed by atoms with Crippen molar-refractivity contribution in [1.29, 1.82) is 0 Å². The van der Waals surface area contributed by atoms with Crippen LogP contribution in [0.2, 0.25) is 0 Å². The van der Waals surface area contributed by atoms with E-state index in [1.54, 1.807) is 0 Å². The molecule has 0 spiro atoms. The zero-order valence-corrected chi connectivity index (χ0v) is 14.0. The minimum absolute atomic E-state index is 0.240. The molecule has 0 aromatic heterocycles. The molecule has 1 unspecified atom stereocenters. The molecule has 0 aromatic carbocycles. The molecule has 1 rings (SSSR count). The van der Waals surface area contributed by atoms with Crippen LogP contribution < -0.4 is 5.73 Å². The topological polar surface area (TPSA) is 46.3 Å². The van der Waals surface area contributed by atoms with Gasteiger partial charge in [-0.1, -0.05) is 33.6 Å². The van der Waals surface area contributed by atoms with Crippen molar-refractivity contribution in [2.75, 3.05) is 20.1 Å². The monoisotopic (exact) mass is 282 g/mol. The van der Waals surface area contributed by atoms with Crippen molar-refractivity contribution in [2.24, 2.45) is 23.0 Å². The summed E-state index contributed by atoms with van der Waals surface area (Å²) in [7, 11) is 1.97. The van der Waals surface area contributed by atoms with E-state index in [0.29, 0.717) is 24.8 Å². The van der Waals surface area contributed by atoms with Crippen molar-refractivity contribution >= 4 is 5.91 Å². The molecule has 0 heterocycles. The first kappa shape index (κ1) is 17.5. The van der Waals surface area contributed by atoms with Gasteiger partial charge in [0, 0.05) is 20.0 Å². The molecule has 2 N–H and O–H groups in total. The van der Waals surface area contributed by atoms with Crippen molar-refractivity contribution in [3.8, 4) is 0 Å². The van der Waals surface area contributed by atoms with Crippen molar-refractivity contribution in [2.45, 2.75) is 65.7 Å². The Kier molecular flexibility index (Phi) is 7.01. The molecular formula is C17H34N2O. The van der Waals surface area contributed by atoms with E-state index in [1.165, 1.54) is 25.7 Å². The van der Waals surface area contributed by atoms with E-state index >= 15 is 0 Å². The van der Waals surface area contributed by atoms with Crippen molar-refractivity contribution in [3.05, 3.63) is 0 Å². The molecule has 1 saturated carbocycles. The first-order valence-corrected chi connectivity index (χ1v) is 8.28. The van der Waals surface area contributed by atoms with Crippen LogP contribution in [0.15, 0.2) is 0 Å². The van der Waals surface area contributed by atoms with Gasteiger partial charge in [-0.05, 0) is 49.5 Å². The van der Waals surface area contributed by atoms with Gasteiger partial charge < -0.3 is 10.6 Å². The third-order valence-electron chi connectivity index (χ3n) is 4.88. The molecule has 118 valence electrons. The maximum atomic E-state index is 12.3. The molecule has 1 atom stereocenters. The lowest BCUT2D eigenvalue weighted by Crippen LogP contribution is -2.32. The van der Waals surface area contributed by atoms with Gasteiger partial charge in [0.05, 0.1) is 0 Å². The molecule has 0 aromatic rings. The van der Waals surface area contributed by atoms with Crippen molar-refractivity contribution in [1.82, 2.24) is 4.90 Å². The second kappa shape index (κ2) is 8.02.